The second-order valence-electron chi connectivity index (χ2n) is 5.90. The summed E-state index contributed by atoms with van der Waals surface area (Å²) < 4.78 is 38.4. The Kier molecular flexibility index (Phi) is 5.08. The molecule has 1 amide bonds. The number of aliphatic carboxylic acids is 1. The number of aliphatic hydroxyl groups is 1. The number of carbonyl (C=O) groups is 2. The van der Waals surface area contributed by atoms with Crippen molar-refractivity contribution in [2.24, 2.45) is 0 Å². The van der Waals surface area contributed by atoms with E-state index >= 15 is 0 Å². The molecule has 0 spiro atoms. The van der Waals surface area contributed by atoms with E-state index in [1.807, 2.05) is 0 Å². The van der Waals surface area contributed by atoms with Gasteiger partial charge in [0.15, 0.2) is 5.60 Å². The zero-order valence-corrected chi connectivity index (χ0v) is 13.8. The fourth-order valence-electron chi connectivity index (χ4n) is 2.07. The monoisotopic (exact) mass is 371 g/mol. The third kappa shape index (κ3) is 4.20. The number of H-pyrrole nitrogens is 1. The summed E-state index contributed by atoms with van der Waals surface area (Å²) in [5.74, 6) is -2.22. The van der Waals surface area contributed by atoms with Gasteiger partial charge in [-0.25, -0.2) is 9.78 Å². The van der Waals surface area contributed by atoms with E-state index in [0.29, 0.717) is 0 Å². The number of halogens is 3. The van der Waals surface area contributed by atoms with E-state index in [1.54, 1.807) is 0 Å². The predicted molar refractivity (Wildman–Crippen MR) is 84.4 cm³/mol. The number of nitrogens with zero attached hydrogens (tertiary/aromatic N) is 1. The van der Waals surface area contributed by atoms with Crippen molar-refractivity contribution < 1.29 is 33.0 Å². The molecular formula is C16H16F3N3O4. The number of aromatic amines is 1. The van der Waals surface area contributed by atoms with Crippen molar-refractivity contribution in [2.45, 2.75) is 25.6 Å². The maximum absolute atomic E-state index is 12.8. The van der Waals surface area contributed by atoms with Crippen LogP contribution in [0.15, 0.2) is 24.3 Å². The van der Waals surface area contributed by atoms with Crippen molar-refractivity contribution >= 4 is 11.9 Å². The van der Waals surface area contributed by atoms with E-state index in [2.05, 4.69) is 15.3 Å². The normalized spacial score (nSPS) is 13.9. The van der Waals surface area contributed by atoms with Crippen molar-refractivity contribution in [3.63, 3.8) is 0 Å². The van der Waals surface area contributed by atoms with Crippen molar-refractivity contribution in [1.82, 2.24) is 15.3 Å². The first kappa shape index (κ1) is 19.4. The van der Waals surface area contributed by atoms with E-state index in [0.717, 1.165) is 19.1 Å². The highest BCUT2D eigenvalue weighted by Gasteiger charge is 2.32. The lowest BCUT2D eigenvalue weighted by Gasteiger charge is -2.17. The number of nitrogens with one attached hydrogen (secondary N) is 2. The molecule has 0 aliphatic rings. The van der Waals surface area contributed by atoms with Gasteiger partial charge in [-0.05, 0) is 26.0 Å². The molecule has 1 aromatic heterocycles. The Hall–Kier alpha value is -2.88. The molecule has 0 radical (unpaired) electrons. The van der Waals surface area contributed by atoms with Gasteiger partial charge in [-0.15, -0.1) is 0 Å². The molecule has 1 heterocycles. The summed E-state index contributed by atoms with van der Waals surface area (Å²) in [7, 11) is 0. The Morgan fingerprint density at radius 3 is 2.54 bits per heavy atom. The van der Waals surface area contributed by atoms with E-state index in [9.17, 15) is 27.9 Å². The lowest BCUT2D eigenvalue weighted by atomic mass is 10.1. The first-order valence-electron chi connectivity index (χ1n) is 7.40. The summed E-state index contributed by atoms with van der Waals surface area (Å²) >= 11 is 0. The number of alkyl halides is 3. The number of aryl methyl sites for hydroxylation is 1. The Balaban J connectivity index is 2.24. The first-order valence-corrected chi connectivity index (χ1v) is 7.40. The van der Waals surface area contributed by atoms with Crippen LogP contribution in [0.4, 0.5) is 13.2 Å². The van der Waals surface area contributed by atoms with Gasteiger partial charge in [0, 0.05) is 11.3 Å². The average molecular weight is 371 g/mol. The Morgan fingerprint density at radius 1 is 1.31 bits per heavy atom. The van der Waals surface area contributed by atoms with E-state index < -0.39 is 35.8 Å². The molecule has 2 aromatic rings. The van der Waals surface area contributed by atoms with Gasteiger partial charge in [-0.2, -0.15) is 13.2 Å². The topological polar surface area (TPSA) is 115 Å². The van der Waals surface area contributed by atoms with Gasteiger partial charge < -0.3 is 20.5 Å². The Labute approximate surface area is 145 Å². The molecule has 0 aliphatic carbocycles. The molecule has 4 N–H and O–H groups in total. The molecule has 0 fully saturated rings. The minimum Gasteiger partial charge on any atom is -0.479 e. The van der Waals surface area contributed by atoms with Crippen LogP contribution >= 0.6 is 0 Å². The van der Waals surface area contributed by atoms with Gasteiger partial charge in [0.25, 0.3) is 5.91 Å². The number of amides is 1. The second kappa shape index (κ2) is 6.79. The number of hydrogen-bond donors (Lipinski definition) is 4. The predicted octanol–water partition coefficient (Wildman–Crippen LogP) is 1.97. The van der Waals surface area contributed by atoms with Crippen LogP contribution in [-0.2, 0) is 11.0 Å². The van der Waals surface area contributed by atoms with Crippen LogP contribution in [0, 0.1) is 6.92 Å². The van der Waals surface area contributed by atoms with Crippen molar-refractivity contribution in [3.8, 4) is 11.4 Å². The fraction of sp³-hybridized carbons (Fsp3) is 0.312. The molecule has 0 saturated heterocycles. The van der Waals surface area contributed by atoms with Crippen molar-refractivity contribution in [3.05, 3.63) is 41.2 Å². The number of carboxylic acid groups (broad SMARTS) is 1. The summed E-state index contributed by atoms with van der Waals surface area (Å²) in [6.45, 7) is 1.95. The van der Waals surface area contributed by atoms with Gasteiger partial charge in [-0.3, -0.25) is 4.79 Å². The van der Waals surface area contributed by atoms with Crippen molar-refractivity contribution in [2.75, 3.05) is 6.54 Å². The van der Waals surface area contributed by atoms with Crippen LogP contribution in [0.1, 0.15) is 28.7 Å². The number of benzene rings is 1. The molecule has 26 heavy (non-hydrogen) atoms. The minimum absolute atomic E-state index is 0.0590. The molecular weight excluding hydrogens is 355 g/mol. The largest absolute Gasteiger partial charge is 0.479 e. The van der Waals surface area contributed by atoms with E-state index in [-0.39, 0.29) is 22.8 Å². The number of carbonyl (C=O) groups excluding carboxylic acids is 1. The van der Waals surface area contributed by atoms with Gasteiger partial charge in [0.1, 0.15) is 11.5 Å². The highest BCUT2D eigenvalue weighted by atomic mass is 19.4. The Bertz CT molecular complexity index is 844. The Morgan fingerprint density at radius 2 is 1.96 bits per heavy atom. The van der Waals surface area contributed by atoms with Crippen LogP contribution in [0.25, 0.3) is 11.4 Å². The summed E-state index contributed by atoms with van der Waals surface area (Å²) in [6.07, 6.45) is -4.51. The number of rotatable bonds is 5. The highest BCUT2D eigenvalue weighted by Crippen LogP contribution is 2.31. The van der Waals surface area contributed by atoms with Gasteiger partial charge in [0.05, 0.1) is 12.1 Å². The lowest BCUT2D eigenvalue weighted by molar-refractivity contribution is -0.155. The molecule has 1 atom stereocenters. The summed E-state index contributed by atoms with van der Waals surface area (Å²) in [5, 5.41) is 20.6. The zero-order valence-electron chi connectivity index (χ0n) is 13.8. The van der Waals surface area contributed by atoms with Crippen LogP contribution in [0.2, 0.25) is 0 Å². The average Bonchev–Trinajstić information content (AvgIpc) is 2.94. The molecule has 140 valence electrons. The first-order chi connectivity index (χ1) is 11.9. The van der Waals surface area contributed by atoms with Gasteiger partial charge in [-0.1, -0.05) is 12.1 Å². The van der Waals surface area contributed by atoms with E-state index in [4.69, 9.17) is 5.11 Å². The standard InChI is InChI=1S/C16H16F3N3O4/c1-8-11(13(23)20-7-15(2,26)14(24)25)22-12(21-8)9-4-3-5-10(6-9)16(17,18)19/h3-6,26H,7H2,1-2H3,(H,20,23)(H,21,22)(H,24,25). The third-order valence-corrected chi connectivity index (χ3v) is 3.62. The van der Waals surface area contributed by atoms with Gasteiger partial charge >= 0.3 is 12.1 Å². The lowest BCUT2D eigenvalue weighted by Crippen LogP contribution is -2.46. The van der Waals surface area contributed by atoms with Crippen LogP contribution < -0.4 is 5.32 Å². The fourth-order valence-corrected chi connectivity index (χ4v) is 2.07. The third-order valence-electron chi connectivity index (χ3n) is 3.62. The molecule has 0 saturated carbocycles. The summed E-state index contributed by atoms with van der Waals surface area (Å²) in [5.41, 5.74) is -2.71. The van der Waals surface area contributed by atoms with Crippen LogP contribution in [-0.4, -0.2) is 44.2 Å². The smallest absolute Gasteiger partial charge is 0.416 e. The summed E-state index contributed by atoms with van der Waals surface area (Å²) in [4.78, 5) is 29.7. The highest BCUT2D eigenvalue weighted by molar-refractivity contribution is 5.94. The van der Waals surface area contributed by atoms with Crippen molar-refractivity contribution in [1.29, 1.82) is 0 Å². The zero-order chi connectivity index (χ0) is 19.7. The number of carboxylic acids is 1. The SMILES string of the molecule is Cc1[nH]c(-c2cccc(C(F)(F)F)c2)nc1C(=O)NCC(C)(O)C(=O)O. The maximum atomic E-state index is 12.8. The molecule has 10 heteroatoms. The number of aromatic nitrogens is 2. The molecule has 2 rings (SSSR count). The molecule has 1 aromatic carbocycles. The molecule has 0 aliphatic heterocycles. The second-order valence-corrected chi connectivity index (χ2v) is 5.90. The van der Waals surface area contributed by atoms with E-state index in [1.165, 1.54) is 19.1 Å². The van der Waals surface area contributed by atoms with Crippen LogP contribution in [0.3, 0.4) is 0 Å². The molecule has 1 unspecified atom stereocenters. The van der Waals surface area contributed by atoms with Crippen LogP contribution in [0.5, 0.6) is 0 Å². The minimum atomic E-state index is -4.51. The summed E-state index contributed by atoms with van der Waals surface area (Å²) in [6, 6.07) is 4.44. The maximum Gasteiger partial charge on any atom is 0.416 e. The molecule has 7 nitrogen and oxygen atoms in total. The quantitative estimate of drug-likeness (QED) is 0.641. The number of imidazole rings is 1. The number of hydrogen-bond acceptors (Lipinski definition) is 4. The van der Waals surface area contributed by atoms with Gasteiger partial charge in [0.2, 0.25) is 0 Å². The molecule has 0 bridgehead atoms.